The normalized spacial score (nSPS) is 18.2. The highest BCUT2D eigenvalue weighted by Gasteiger charge is 2.28. The minimum atomic E-state index is -0.690. The summed E-state index contributed by atoms with van der Waals surface area (Å²) >= 11 is 3.41. The number of rotatable bonds is 4. The number of hydrogen-bond donors (Lipinski definition) is 1. The summed E-state index contributed by atoms with van der Waals surface area (Å²) in [5.74, 6) is 0.0418. The van der Waals surface area contributed by atoms with Crippen LogP contribution in [-0.4, -0.2) is 11.1 Å². The molecule has 1 aliphatic carbocycles. The van der Waals surface area contributed by atoms with Gasteiger partial charge in [0.05, 0.1) is 6.42 Å². The predicted octanol–water partition coefficient (Wildman–Crippen LogP) is 4.20. The van der Waals surface area contributed by atoms with Crippen molar-refractivity contribution in [2.75, 3.05) is 0 Å². The van der Waals surface area contributed by atoms with Gasteiger partial charge < -0.3 is 5.11 Å². The Balaban J connectivity index is 2.19. The first-order valence-corrected chi connectivity index (χ1v) is 6.93. The van der Waals surface area contributed by atoms with Gasteiger partial charge in [0.2, 0.25) is 0 Å². The van der Waals surface area contributed by atoms with Crippen LogP contribution >= 0.6 is 15.9 Å². The van der Waals surface area contributed by atoms with Crippen LogP contribution in [0.3, 0.4) is 0 Å². The molecule has 1 fully saturated rings. The lowest BCUT2D eigenvalue weighted by molar-refractivity contribution is -0.137. The summed E-state index contributed by atoms with van der Waals surface area (Å²) in [5.41, 5.74) is 1.17. The molecule has 0 aliphatic heterocycles. The fourth-order valence-corrected chi connectivity index (χ4v) is 3.08. The van der Waals surface area contributed by atoms with Crippen LogP contribution < -0.4 is 0 Å². The largest absolute Gasteiger partial charge is 0.481 e. The highest BCUT2D eigenvalue weighted by molar-refractivity contribution is 9.10. The summed E-state index contributed by atoms with van der Waals surface area (Å²) in [6, 6.07) is 8.10. The number of hydrogen-bond acceptors (Lipinski definition) is 1. The van der Waals surface area contributed by atoms with Crippen molar-refractivity contribution in [3.05, 3.63) is 34.3 Å². The lowest BCUT2D eigenvalue weighted by Gasteiger charge is -2.22. The van der Waals surface area contributed by atoms with Gasteiger partial charge in [0, 0.05) is 4.47 Å². The van der Waals surface area contributed by atoms with Crippen molar-refractivity contribution >= 4 is 21.9 Å². The summed E-state index contributed by atoms with van der Waals surface area (Å²) in [6.45, 7) is 0. The standard InChI is InChI=1S/C14H17BrO2/c15-12-7-5-11(6-8-12)13(9-14(16)17)10-3-1-2-4-10/h5-8,10,13H,1-4,9H2,(H,16,17). The van der Waals surface area contributed by atoms with Crippen LogP contribution in [0.25, 0.3) is 0 Å². The Morgan fingerprint density at radius 1 is 1.29 bits per heavy atom. The van der Waals surface area contributed by atoms with Gasteiger partial charge in [0.1, 0.15) is 0 Å². The van der Waals surface area contributed by atoms with Crippen LogP contribution in [0.2, 0.25) is 0 Å². The zero-order valence-electron chi connectivity index (χ0n) is 9.73. The van der Waals surface area contributed by atoms with Crippen molar-refractivity contribution in [2.45, 2.75) is 38.0 Å². The fourth-order valence-electron chi connectivity index (χ4n) is 2.81. The maximum atomic E-state index is 11.0. The third kappa shape index (κ3) is 3.32. The van der Waals surface area contributed by atoms with Gasteiger partial charge in [-0.05, 0) is 42.4 Å². The zero-order valence-corrected chi connectivity index (χ0v) is 11.3. The molecule has 0 radical (unpaired) electrons. The van der Waals surface area contributed by atoms with Crippen LogP contribution in [0.5, 0.6) is 0 Å². The fraction of sp³-hybridized carbons (Fsp3) is 0.500. The summed E-state index contributed by atoms with van der Waals surface area (Å²) in [6.07, 6.45) is 5.10. The van der Waals surface area contributed by atoms with Gasteiger partial charge in [0.25, 0.3) is 0 Å². The minimum absolute atomic E-state index is 0.183. The van der Waals surface area contributed by atoms with E-state index in [0.717, 1.165) is 4.47 Å². The molecule has 92 valence electrons. The second-order valence-electron chi connectivity index (χ2n) is 4.80. The smallest absolute Gasteiger partial charge is 0.303 e. The molecule has 1 saturated carbocycles. The number of carbonyl (C=O) groups is 1. The number of halogens is 1. The maximum absolute atomic E-state index is 11.0. The van der Waals surface area contributed by atoms with Crippen LogP contribution in [-0.2, 0) is 4.79 Å². The van der Waals surface area contributed by atoms with Gasteiger partial charge in [-0.1, -0.05) is 40.9 Å². The molecule has 3 heteroatoms. The van der Waals surface area contributed by atoms with E-state index >= 15 is 0 Å². The van der Waals surface area contributed by atoms with E-state index in [1.54, 1.807) is 0 Å². The summed E-state index contributed by atoms with van der Waals surface area (Å²) in [5, 5.41) is 9.05. The van der Waals surface area contributed by atoms with Crippen LogP contribution in [0, 0.1) is 5.92 Å². The van der Waals surface area contributed by atoms with E-state index in [-0.39, 0.29) is 12.3 Å². The molecule has 1 aromatic carbocycles. The molecule has 0 aromatic heterocycles. The first-order chi connectivity index (χ1) is 8.16. The second-order valence-corrected chi connectivity index (χ2v) is 5.72. The van der Waals surface area contributed by atoms with Crippen molar-refractivity contribution in [1.29, 1.82) is 0 Å². The minimum Gasteiger partial charge on any atom is -0.481 e. The van der Waals surface area contributed by atoms with E-state index in [1.165, 1.54) is 31.2 Å². The molecular formula is C14H17BrO2. The highest BCUT2D eigenvalue weighted by atomic mass is 79.9. The Kier molecular flexibility index (Phi) is 4.21. The third-order valence-corrected chi connectivity index (χ3v) is 4.19. The van der Waals surface area contributed by atoms with E-state index in [9.17, 15) is 4.79 Å². The third-order valence-electron chi connectivity index (χ3n) is 3.66. The highest BCUT2D eigenvalue weighted by Crippen LogP contribution is 2.39. The molecule has 0 saturated heterocycles. The van der Waals surface area contributed by atoms with Crippen molar-refractivity contribution in [1.82, 2.24) is 0 Å². The molecule has 0 spiro atoms. The van der Waals surface area contributed by atoms with E-state index < -0.39 is 5.97 Å². The molecule has 1 unspecified atom stereocenters. The van der Waals surface area contributed by atoms with Gasteiger partial charge in [-0.25, -0.2) is 0 Å². The summed E-state index contributed by atoms with van der Waals surface area (Å²) in [7, 11) is 0. The van der Waals surface area contributed by atoms with Gasteiger partial charge >= 0.3 is 5.97 Å². The Labute approximate surface area is 110 Å². The topological polar surface area (TPSA) is 37.3 Å². The average molecular weight is 297 g/mol. The van der Waals surface area contributed by atoms with Crippen LogP contribution in [0.1, 0.15) is 43.6 Å². The average Bonchev–Trinajstić information content (AvgIpc) is 2.80. The molecule has 1 atom stereocenters. The van der Waals surface area contributed by atoms with Crippen molar-refractivity contribution in [2.24, 2.45) is 5.92 Å². The SMILES string of the molecule is O=C(O)CC(c1ccc(Br)cc1)C1CCCC1. The van der Waals surface area contributed by atoms with E-state index in [4.69, 9.17) is 5.11 Å². The molecule has 0 bridgehead atoms. The molecule has 0 heterocycles. The van der Waals surface area contributed by atoms with Gasteiger partial charge in [0.15, 0.2) is 0 Å². The molecular weight excluding hydrogens is 280 g/mol. The van der Waals surface area contributed by atoms with Gasteiger partial charge in [-0.15, -0.1) is 0 Å². The first kappa shape index (κ1) is 12.6. The van der Waals surface area contributed by atoms with Crippen molar-refractivity contribution < 1.29 is 9.90 Å². The molecule has 2 rings (SSSR count). The number of benzene rings is 1. The maximum Gasteiger partial charge on any atom is 0.303 e. The monoisotopic (exact) mass is 296 g/mol. The molecule has 1 N–H and O–H groups in total. The zero-order chi connectivity index (χ0) is 12.3. The van der Waals surface area contributed by atoms with Gasteiger partial charge in [-0.3, -0.25) is 4.79 Å². The lowest BCUT2D eigenvalue weighted by atomic mass is 9.82. The van der Waals surface area contributed by atoms with Crippen molar-refractivity contribution in [3.63, 3.8) is 0 Å². The van der Waals surface area contributed by atoms with Crippen LogP contribution in [0.4, 0.5) is 0 Å². The number of aliphatic carboxylic acids is 1. The quantitative estimate of drug-likeness (QED) is 0.904. The first-order valence-electron chi connectivity index (χ1n) is 6.14. The number of carboxylic acids is 1. The van der Waals surface area contributed by atoms with E-state index in [0.29, 0.717) is 5.92 Å². The van der Waals surface area contributed by atoms with E-state index in [1.807, 2.05) is 12.1 Å². The Hall–Kier alpha value is -0.830. The van der Waals surface area contributed by atoms with Gasteiger partial charge in [-0.2, -0.15) is 0 Å². The molecule has 1 aliphatic rings. The van der Waals surface area contributed by atoms with E-state index in [2.05, 4.69) is 28.1 Å². The molecule has 0 amide bonds. The Bertz CT molecular complexity index is 380. The van der Waals surface area contributed by atoms with Crippen LogP contribution in [0.15, 0.2) is 28.7 Å². The predicted molar refractivity (Wildman–Crippen MR) is 71.1 cm³/mol. The molecule has 1 aromatic rings. The summed E-state index contributed by atoms with van der Waals surface area (Å²) < 4.78 is 1.04. The molecule has 2 nitrogen and oxygen atoms in total. The summed E-state index contributed by atoms with van der Waals surface area (Å²) in [4.78, 5) is 11.0. The lowest BCUT2D eigenvalue weighted by Crippen LogP contribution is -2.14. The molecule has 17 heavy (non-hydrogen) atoms. The van der Waals surface area contributed by atoms with Crippen molar-refractivity contribution in [3.8, 4) is 0 Å². The second kappa shape index (κ2) is 5.67. The Morgan fingerprint density at radius 2 is 1.88 bits per heavy atom. The number of carboxylic acid groups (broad SMARTS) is 1. The Morgan fingerprint density at radius 3 is 2.41 bits per heavy atom.